The summed E-state index contributed by atoms with van der Waals surface area (Å²) in [6.07, 6.45) is -1.77. The molecule has 4 heterocycles. The number of thioether (sulfide) groups is 1. The molecular formula is C11H15N5O6PS2+. The summed E-state index contributed by atoms with van der Waals surface area (Å²) in [6, 6.07) is 0. The Kier molecular flexibility index (Phi) is 4.24. The third kappa shape index (κ3) is 2.84. The molecule has 2 aliphatic rings. The number of nitrogen functional groups attached to an aromatic ring is 1. The smallest absolute Gasteiger partial charge is 0.385 e. The second kappa shape index (κ2) is 6.06. The van der Waals surface area contributed by atoms with Gasteiger partial charge < -0.3 is 15.6 Å². The van der Waals surface area contributed by atoms with Gasteiger partial charge in [-0.1, -0.05) is 11.8 Å². The van der Waals surface area contributed by atoms with Gasteiger partial charge in [0.25, 0.3) is 5.56 Å². The van der Waals surface area contributed by atoms with Gasteiger partial charge in [0.05, 0.1) is 12.2 Å². The highest BCUT2D eigenvalue weighted by atomic mass is 32.7. The predicted octanol–water partition coefficient (Wildman–Crippen LogP) is -0.303. The topological polar surface area (TPSA) is 158 Å². The molecule has 11 nitrogen and oxygen atoms in total. The molecule has 0 saturated carbocycles. The predicted molar refractivity (Wildman–Crippen MR) is 93.2 cm³/mol. The van der Waals surface area contributed by atoms with Crippen LogP contribution in [0.25, 0.3) is 11.2 Å². The molecule has 5 atom stereocenters. The number of aromatic nitrogens is 4. The van der Waals surface area contributed by atoms with E-state index in [1.807, 2.05) is 0 Å². The first-order chi connectivity index (χ1) is 11.8. The van der Waals surface area contributed by atoms with E-state index in [9.17, 15) is 14.8 Å². The SMILES string of the molecule is CSc1nc2c(=O)[nH]c(N)nc2n1[C@@H]1OC2CO[P+](O)(S)O[C@H]2[C@@H]1O. The summed E-state index contributed by atoms with van der Waals surface area (Å²) in [6.45, 7) is 0.0172. The van der Waals surface area contributed by atoms with Crippen LogP contribution < -0.4 is 11.3 Å². The van der Waals surface area contributed by atoms with Crippen molar-refractivity contribution in [2.75, 3.05) is 18.6 Å². The van der Waals surface area contributed by atoms with E-state index in [-0.39, 0.29) is 23.7 Å². The molecule has 0 bridgehead atoms. The number of nitrogens with zero attached hydrogens (tertiary/aromatic N) is 3. The first-order valence-corrected chi connectivity index (χ1v) is 11.1. The molecule has 14 heteroatoms. The number of hydrogen-bond donors (Lipinski definition) is 5. The zero-order valence-corrected chi connectivity index (χ0v) is 15.4. The Labute approximate surface area is 150 Å². The fraction of sp³-hybridized carbons (Fsp3) is 0.545. The lowest BCUT2D eigenvalue weighted by molar-refractivity contribution is -0.0625. The van der Waals surface area contributed by atoms with E-state index in [0.717, 1.165) is 0 Å². The first kappa shape index (κ1) is 17.5. The number of fused-ring (bicyclic) bond motifs is 2. The molecule has 4 rings (SSSR count). The maximum Gasteiger partial charge on any atom is 0.476 e. The number of aliphatic hydroxyl groups excluding tert-OH is 1. The summed E-state index contributed by atoms with van der Waals surface area (Å²) < 4.78 is 17.8. The van der Waals surface area contributed by atoms with Gasteiger partial charge in [0, 0.05) is 0 Å². The van der Waals surface area contributed by atoms with Gasteiger partial charge in [-0.25, -0.2) is 4.98 Å². The zero-order valence-electron chi connectivity index (χ0n) is 12.8. The molecule has 2 aromatic rings. The molecule has 2 saturated heterocycles. The lowest BCUT2D eigenvalue weighted by Gasteiger charge is -2.25. The minimum absolute atomic E-state index is 0.0172. The Hall–Kier alpha value is -0.920. The van der Waals surface area contributed by atoms with Crippen LogP contribution in [0.5, 0.6) is 0 Å². The van der Waals surface area contributed by atoms with Crippen molar-refractivity contribution in [2.24, 2.45) is 0 Å². The molecule has 0 aromatic carbocycles. The van der Waals surface area contributed by atoms with Crippen LogP contribution in [0.1, 0.15) is 6.23 Å². The quantitative estimate of drug-likeness (QED) is 0.254. The lowest BCUT2D eigenvalue weighted by Crippen LogP contribution is -2.39. The number of aromatic amines is 1. The second-order valence-corrected chi connectivity index (χ2v) is 9.24. The van der Waals surface area contributed by atoms with Gasteiger partial charge in [0.1, 0.15) is 18.8 Å². The summed E-state index contributed by atoms with van der Waals surface area (Å²) in [7, 11) is -3.30. The van der Waals surface area contributed by atoms with Crippen LogP contribution >= 0.6 is 31.2 Å². The van der Waals surface area contributed by atoms with Gasteiger partial charge in [-0.3, -0.25) is 14.3 Å². The van der Waals surface area contributed by atoms with E-state index >= 15 is 0 Å². The summed E-state index contributed by atoms with van der Waals surface area (Å²) >= 11 is 5.18. The number of ether oxygens (including phenoxy) is 1. The molecule has 2 fully saturated rings. The number of aliphatic hydroxyl groups is 1. The van der Waals surface area contributed by atoms with Crippen molar-refractivity contribution in [3.05, 3.63) is 10.4 Å². The number of thiol groups is 1. The molecule has 2 aromatic heterocycles. The van der Waals surface area contributed by atoms with Crippen molar-refractivity contribution in [2.45, 2.75) is 29.7 Å². The maximum absolute atomic E-state index is 12.1. The van der Waals surface area contributed by atoms with Crippen LogP contribution in [0.4, 0.5) is 5.95 Å². The summed E-state index contributed by atoms with van der Waals surface area (Å²) in [5.74, 6) is -0.0774. The number of hydrogen-bond acceptors (Lipinski definition) is 11. The number of H-pyrrole nitrogens is 1. The molecular weight excluding hydrogens is 393 g/mol. The molecule has 5 N–H and O–H groups in total. The van der Waals surface area contributed by atoms with Crippen LogP contribution in [-0.4, -0.2) is 60.7 Å². The minimum atomic E-state index is -3.30. The van der Waals surface area contributed by atoms with E-state index in [1.165, 1.54) is 16.3 Å². The van der Waals surface area contributed by atoms with E-state index in [4.69, 9.17) is 19.5 Å². The largest absolute Gasteiger partial charge is 0.476 e. The third-order valence-electron chi connectivity index (χ3n) is 3.95. The Balaban J connectivity index is 1.81. The fourth-order valence-electron chi connectivity index (χ4n) is 2.91. The van der Waals surface area contributed by atoms with Crippen molar-refractivity contribution < 1.29 is 23.8 Å². The molecule has 0 radical (unpaired) electrons. The van der Waals surface area contributed by atoms with Gasteiger partial charge >= 0.3 is 7.15 Å². The molecule has 0 aliphatic carbocycles. The number of imidazole rings is 1. The Morgan fingerprint density at radius 1 is 1.52 bits per heavy atom. The zero-order chi connectivity index (χ0) is 17.9. The van der Waals surface area contributed by atoms with Gasteiger partial charge in [-0.15, -0.1) is 0 Å². The Bertz CT molecular complexity index is 890. The first-order valence-electron chi connectivity index (χ1n) is 7.13. The summed E-state index contributed by atoms with van der Waals surface area (Å²) in [4.78, 5) is 32.7. The minimum Gasteiger partial charge on any atom is -0.385 e. The highest BCUT2D eigenvalue weighted by molar-refractivity contribution is 8.47. The normalized spacial score (nSPS) is 35.2. The van der Waals surface area contributed by atoms with Crippen molar-refractivity contribution in [1.82, 2.24) is 19.5 Å². The number of rotatable bonds is 2. The second-order valence-electron chi connectivity index (χ2n) is 5.50. The lowest BCUT2D eigenvalue weighted by atomic mass is 10.1. The third-order valence-corrected chi connectivity index (χ3v) is 6.23. The van der Waals surface area contributed by atoms with Gasteiger partial charge in [0.2, 0.25) is 5.95 Å². The molecule has 0 spiro atoms. The van der Waals surface area contributed by atoms with E-state index in [2.05, 4.69) is 27.2 Å². The van der Waals surface area contributed by atoms with Gasteiger partial charge in [0.15, 0.2) is 28.7 Å². The van der Waals surface area contributed by atoms with Gasteiger partial charge in [-0.05, 0) is 6.26 Å². The molecule has 25 heavy (non-hydrogen) atoms. The van der Waals surface area contributed by atoms with Gasteiger partial charge in [-0.2, -0.15) is 18.9 Å². The molecule has 2 aliphatic heterocycles. The van der Waals surface area contributed by atoms with Crippen molar-refractivity contribution >= 4 is 48.3 Å². The average Bonchev–Trinajstić information content (AvgIpc) is 3.05. The van der Waals surface area contributed by atoms with Crippen molar-refractivity contribution in [1.29, 1.82) is 0 Å². The van der Waals surface area contributed by atoms with Crippen LogP contribution in [-0.2, 0) is 13.8 Å². The average molecular weight is 408 g/mol. The van der Waals surface area contributed by atoms with E-state index < -0.39 is 37.2 Å². The molecule has 2 unspecified atom stereocenters. The summed E-state index contributed by atoms with van der Waals surface area (Å²) in [5, 5.41) is 11.1. The summed E-state index contributed by atoms with van der Waals surface area (Å²) in [5.41, 5.74) is 5.41. The Morgan fingerprint density at radius 2 is 2.28 bits per heavy atom. The van der Waals surface area contributed by atoms with Crippen molar-refractivity contribution in [3.8, 4) is 0 Å². The van der Waals surface area contributed by atoms with E-state index in [0.29, 0.717) is 5.16 Å². The van der Waals surface area contributed by atoms with Crippen LogP contribution in [0.2, 0.25) is 0 Å². The van der Waals surface area contributed by atoms with E-state index in [1.54, 1.807) is 6.26 Å². The number of nitrogens with one attached hydrogen (secondary N) is 1. The number of nitrogens with two attached hydrogens (primary N) is 1. The molecule has 0 amide bonds. The monoisotopic (exact) mass is 408 g/mol. The number of anilines is 1. The Morgan fingerprint density at radius 3 is 3.00 bits per heavy atom. The van der Waals surface area contributed by atoms with Crippen molar-refractivity contribution in [3.63, 3.8) is 0 Å². The maximum atomic E-state index is 12.1. The highest BCUT2D eigenvalue weighted by Crippen LogP contribution is 2.66. The highest BCUT2D eigenvalue weighted by Gasteiger charge is 2.58. The van der Waals surface area contributed by atoms with Crippen LogP contribution in [0.3, 0.4) is 0 Å². The molecule has 136 valence electrons. The fourth-order valence-corrected chi connectivity index (χ4v) is 4.99. The standard InChI is InChI=1S/C11H14N5O6PS2/c1-25-11-13-4-7(14-10(12)15-8(4)18)16(11)9-5(17)6-3(21-9)2-20-23(19,24)22-6/h3,5-6,9,17,19,24H,2H2,1H3,(H2-,12,14,15,18)/p+1/t3?,5-,6+,9+,23?/m0/s1. The van der Waals surface area contributed by atoms with Crippen LogP contribution in [0.15, 0.2) is 9.95 Å². The van der Waals surface area contributed by atoms with Crippen LogP contribution in [0, 0.1) is 0 Å².